The van der Waals surface area contributed by atoms with Crippen molar-refractivity contribution in [1.29, 1.82) is 0 Å². The van der Waals surface area contributed by atoms with Gasteiger partial charge in [0, 0.05) is 24.7 Å². The van der Waals surface area contributed by atoms with Gasteiger partial charge in [-0.15, -0.1) is 0 Å². The zero-order valence-electron chi connectivity index (χ0n) is 11.6. The minimum atomic E-state index is 0.0655. The van der Waals surface area contributed by atoms with Crippen LogP contribution in [0, 0.1) is 0 Å². The van der Waals surface area contributed by atoms with Crippen molar-refractivity contribution in [3.8, 4) is 5.75 Å². The van der Waals surface area contributed by atoms with Gasteiger partial charge in [-0.25, -0.2) is 0 Å². The Morgan fingerprint density at radius 3 is 2.95 bits per heavy atom. The summed E-state index contributed by atoms with van der Waals surface area (Å²) in [6.45, 7) is 1.71. The molecule has 1 aliphatic heterocycles. The number of likely N-dealkylation sites (N-methyl/N-ethyl adjacent to an activating group) is 1. The van der Waals surface area contributed by atoms with E-state index in [1.54, 1.807) is 7.11 Å². The van der Waals surface area contributed by atoms with Crippen LogP contribution >= 0.6 is 0 Å². The molecule has 0 spiro atoms. The first kappa shape index (κ1) is 12.9. The highest BCUT2D eigenvalue weighted by Gasteiger charge is 2.36. The molecule has 104 valence electrons. The van der Waals surface area contributed by atoms with Gasteiger partial charge in [0.05, 0.1) is 13.7 Å². The van der Waals surface area contributed by atoms with Crippen LogP contribution in [0.4, 0.5) is 0 Å². The highest BCUT2D eigenvalue weighted by Crippen LogP contribution is 2.36. The van der Waals surface area contributed by atoms with Crippen molar-refractivity contribution in [3.63, 3.8) is 0 Å². The maximum atomic E-state index is 6.44. The standard InChI is InChI=1S/C15H22N2O2/c1-17(11-5-6-19-9-11)14-7-10-3-4-12(18-2)8-13(10)15(14)16/h3-4,8,11,14-15H,5-7,9,16H2,1-2H3. The topological polar surface area (TPSA) is 47.7 Å². The van der Waals surface area contributed by atoms with Crippen molar-refractivity contribution < 1.29 is 9.47 Å². The predicted molar refractivity (Wildman–Crippen MR) is 74.4 cm³/mol. The first-order valence-corrected chi connectivity index (χ1v) is 6.93. The molecule has 2 N–H and O–H groups in total. The fraction of sp³-hybridized carbons (Fsp3) is 0.600. The van der Waals surface area contributed by atoms with E-state index in [-0.39, 0.29) is 6.04 Å². The summed E-state index contributed by atoms with van der Waals surface area (Å²) in [6, 6.07) is 7.19. The van der Waals surface area contributed by atoms with Crippen LogP contribution in [-0.2, 0) is 11.2 Å². The van der Waals surface area contributed by atoms with Crippen molar-refractivity contribution in [1.82, 2.24) is 4.90 Å². The number of fused-ring (bicyclic) bond motifs is 1. The van der Waals surface area contributed by atoms with Crippen LogP contribution in [0.15, 0.2) is 18.2 Å². The SMILES string of the molecule is COc1ccc2c(c1)C(N)C(N(C)C1CCOC1)C2. The summed E-state index contributed by atoms with van der Waals surface area (Å²) in [5.74, 6) is 0.890. The molecule has 2 aliphatic rings. The second kappa shape index (κ2) is 5.12. The van der Waals surface area contributed by atoms with Crippen LogP contribution in [0.3, 0.4) is 0 Å². The zero-order chi connectivity index (χ0) is 13.4. The summed E-state index contributed by atoms with van der Waals surface area (Å²) in [4.78, 5) is 2.41. The van der Waals surface area contributed by atoms with Crippen molar-refractivity contribution in [2.45, 2.75) is 31.0 Å². The average molecular weight is 262 g/mol. The van der Waals surface area contributed by atoms with E-state index in [0.717, 1.165) is 31.8 Å². The van der Waals surface area contributed by atoms with Crippen LogP contribution in [0.5, 0.6) is 5.75 Å². The Morgan fingerprint density at radius 1 is 1.42 bits per heavy atom. The molecular weight excluding hydrogens is 240 g/mol. The van der Waals surface area contributed by atoms with Crippen LogP contribution in [0.2, 0.25) is 0 Å². The van der Waals surface area contributed by atoms with E-state index in [2.05, 4.69) is 24.1 Å². The Bertz CT molecular complexity index is 457. The molecule has 1 heterocycles. The highest BCUT2D eigenvalue weighted by atomic mass is 16.5. The van der Waals surface area contributed by atoms with E-state index in [9.17, 15) is 0 Å². The first-order chi connectivity index (χ1) is 9.20. The number of hydrogen-bond acceptors (Lipinski definition) is 4. The van der Waals surface area contributed by atoms with Crippen molar-refractivity contribution in [2.75, 3.05) is 27.4 Å². The Balaban J connectivity index is 1.80. The maximum absolute atomic E-state index is 6.44. The molecule has 0 amide bonds. The summed E-state index contributed by atoms with van der Waals surface area (Å²) < 4.78 is 10.8. The fourth-order valence-corrected chi connectivity index (χ4v) is 3.27. The third-order valence-electron chi connectivity index (χ3n) is 4.56. The number of methoxy groups -OCH3 is 1. The minimum absolute atomic E-state index is 0.0655. The van der Waals surface area contributed by atoms with Crippen molar-refractivity contribution >= 4 is 0 Å². The van der Waals surface area contributed by atoms with E-state index < -0.39 is 0 Å². The quantitative estimate of drug-likeness (QED) is 0.893. The number of ether oxygens (including phenoxy) is 2. The van der Waals surface area contributed by atoms with E-state index >= 15 is 0 Å². The summed E-state index contributed by atoms with van der Waals surface area (Å²) in [7, 11) is 3.87. The van der Waals surface area contributed by atoms with Crippen LogP contribution in [0.1, 0.15) is 23.6 Å². The molecule has 1 aromatic rings. The van der Waals surface area contributed by atoms with Gasteiger partial charge in [-0.2, -0.15) is 0 Å². The molecule has 4 heteroatoms. The zero-order valence-corrected chi connectivity index (χ0v) is 11.6. The van der Waals surface area contributed by atoms with E-state index in [1.165, 1.54) is 11.1 Å². The highest BCUT2D eigenvalue weighted by molar-refractivity contribution is 5.42. The minimum Gasteiger partial charge on any atom is -0.497 e. The third kappa shape index (κ3) is 2.24. The smallest absolute Gasteiger partial charge is 0.119 e. The molecule has 4 nitrogen and oxygen atoms in total. The number of rotatable bonds is 3. The number of benzene rings is 1. The molecule has 0 aromatic heterocycles. The molecular formula is C15H22N2O2. The van der Waals surface area contributed by atoms with Gasteiger partial charge in [0.2, 0.25) is 0 Å². The van der Waals surface area contributed by atoms with Gasteiger partial charge in [-0.3, -0.25) is 4.90 Å². The number of hydrogen-bond donors (Lipinski definition) is 1. The molecule has 3 rings (SSSR count). The summed E-state index contributed by atoms with van der Waals surface area (Å²) in [6.07, 6.45) is 2.13. The molecule has 1 aromatic carbocycles. The lowest BCUT2D eigenvalue weighted by Gasteiger charge is -2.32. The maximum Gasteiger partial charge on any atom is 0.119 e. The number of nitrogens with zero attached hydrogens (tertiary/aromatic N) is 1. The summed E-state index contributed by atoms with van der Waals surface area (Å²) in [5.41, 5.74) is 9.03. The lowest BCUT2D eigenvalue weighted by Crippen LogP contribution is -2.44. The molecule has 1 aliphatic carbocycles. The number of nitrogens with two attached hydrogens (primary N) is 1. The molecule has 1 saturated heterocycles. The van der Waals surface area contributed by atoms with Crippen molar-refractivity contribution in [3.05, 3.63) is 29.3 Å². The Labute approximate surface area is 114 Å². The average Bonchev–Trinajstić information content (AvgIpc) is 3.06. The molecule has 0 saturated carbocycles. The fourth-order valence-electron chi connectivity index (χ4n) is 3.27. The van der Waals surface area contributed by atoms with Gasteiger partial charge in [-0.05, 0) is 43.1 Å². The first-order valence-electron chi connectivity index (χ1n) is 6.93. The van der Waals surface area contributed by atoms with E-state index in [4.69, 9.17) is 15.2 Å². The van der Waals surface area contributed by atoms with Crippen LogP contribution in [-0.4, -0.2) is 44.4 Å². The molecule has 0 radical (unpaired) electrons. The Morgan fingerprint density at radius 2 is 2.26 bits per heavy atom. The molecule has 3 unspecified atom stereocenters. The van der Waals surface area contributed by atoms with Gasteiger partial charge in [0.25, 0.3) is 0 Å². The van der Waals surface area contributed by atoms with Crippen molar-refractivity contribution in [2.24, 2.45) is 5.73 Å². The third-order valence-corrected chi connectivity index (χ3v) is 4.56. The predicted octanol–water partition coefficient (Wildman–Crippen LogP) is 1.34. The van der Waals surface area contributed by atoms with Gasteiger partial charge in [0.15, 0.2) is 0 Å². The monoisotopic (exact) mass is 262 g/mol. The largest absolute Gasteiger partial charge is 0.497 e. The summed E-state index contributed by atoms with van der Waals surface area (Å²) >= 11 is 0. The van der Waals surface area contributed by atoms with Crippen LogP contribution < -0.4 is 10.5 Å². The second-order valence-electron chi connectivity index (χ2n) is 5.54. The molecule has 1 fully saturated rings. The molecule has 3 atom stereocenters. The Hall–Kier alpha value is -1.10. The summed E-state index contributed by atoms with van der Waals surface area (Å²) in [5, 5.41) is 0. The van der Waals surface area contributed by atoms with Crippen LogP contribution in [0.25, 0.3) is 0 Å². The van der Waals surface area contributed by atoms with E-state index in [1.807, 2.05) is 6.07 Å². The lowest BCUT2D eigenvalue weighted by atomic mass is 10.1. The lowest BCUT2D eigenvalue weighted by molar-refractivity contribution is 0.125. The van der Waals surface area contributed by atoms with E-state index in [0.29, 0.717) is 12.1 Å². The Kier molecular flexibility index (Phi) is 3.48. The molecule has 19 heavy (non-hydrogen) atoms. The van der Waals surface area contributed by atoms with Gasteiger partial charge in [0.1, 0.15) is 5.75 Å². The molecule has 0 bridgehead atoms. The van der Waals surface area contributed by atoms with Gasteiger partial charge < -0.3 is 15.2 Å². The van der Waals surface area contributed by atoms with Gasteiger partial charge >= 0.3 is 0 Å². The normalized spacial score (nSPS) is 29.8. The van der Waals surface area contributed by atoms with Gasteiger partial charge in [-0.1, -0.05) is 6.07 Å². The second-order valence-corrected chi connectivity index (χ2v) is 5.54.